The Morgan fingerprint density at radius 1 is 1.38 bits per heavy atom. The van der Waals surface area contributed by atoms with E-state index in [0.717, 1.165) is 22.2 Å². The maximum absolute atomic E-state index is 10.8. The molecular weight excluding hydrogens is 200 g/mol. The minimum Gasteiger partial charge on any atom is -0.366 e. The van der Waals surface area contributed by atoms with Crippen molar-refractivity contribution in [1.29, 1.82) is 0 Å². The van der Waals surface area contributed by atoms with Gasteiger partial charge in [0.25, 0.3) is 0 Å². The number of nitrogens with zero attached hydrogens (tertiary/aromatic N) is 1. The number of benzene rings is 1. The van der Waals surface area contributed by atoms with Gasteiger partial charge < -0.3 is 10.3 Å². The first-order valence-corrected chi connectivity index (χ1v) is 5.13. The van der Waals surface area contributed by atoms with Crippen LogP contribution in [0.4, 0.5) is 0 Å². The number of hydrogen-bond acceptors (Lipinski definition) is 1. The van der Waals surface area contributed by atoms with Crippen LogP contribution in [0.15, 0.2) is 30.3 Å². The van der Waals surface area contributed by atoms with Gasteiger partial charge in [0, 0.05) is 35.3 Å². The molecule has 3 heteroatoms. The Bertz CT molecular complexity index is 579. The molecule has 2 N–H and O–H groups in total. The van der Waals surface area contributed by atoms with Crippen LogP contribution in [0.1, 0.15) is 11.3 Å². The van der Waals surface area contributed by atoms with Gasteiger partial charge in [-0.2, -0.15) is 0 Å². The van der Waals surface area contributed by atoms with Gasteiger partial charge in [0.2, 0.25) is 5.91 Å². The molecule has 0 aliphatic rings. The van der Waals surface area contributed by atoms with Gasteiger partial charge >= 0.3 is 0 Å². The average Bonchev–Trinajstić information content (AvgIpc) is 2.50. The molecule has 0 fully saturated rings. The SMILES string of the molecule is Cc1c(/C=C/C(N)=O)c2ccccc2n1C. The van der Waals surface area contributed by atoms with E-state index in [9.17, 15) is 4.79 Å². The van der Waals surface area contributed by atoms with Gasteiger partial charge in [0.05, 0.1) is 0 Å². The molecule has 0 radical (unpaired) electrons. The zero-order valence-electron chi connectivity index (χ0n) is 9.40. The van der Waals surface area contributed by atoms with Crippen molar-refractivity contribution in [3.63, 3.8) is 0 Å². The number of rotatable bonds is 2. The van der Waals surface area contributed by atoms with Crippen molar-refractivity contribution >= 4 is 22.9 Å². The molecule has 2 aromatic rings. The van der Waals surface area contributed by atoms with E-state index in [1.807, 2.05) is 32.2 Å². The summed E-state index contributed by atoms with van der Waals surface area (Å²) in [7, 11) is 2.01. The lowest BCUT2D eigenvalue weighted by Crippen LogP contribution is -2.05. The van der Waals surface area contributed by atoms with Gasteiger partial charge in [-0.25, -0.2) is 0 Å². The van der Waals surface area contributed by atoms with Crippen molar-refractivity contribution in [2.24, 2.45) is 12.8 Å². The molecule has 1 aromatic carbocycles. The lowest BCUT2D eigenvalue weighted by atomic mass is 10.1. The Morgan fingerprint density at radius 2 is 2.06 bits per heavy atom. The lowest BCUT2D eigenvalue weighted by Gasteiger charge is -1.97. The van der Waals surface area contributed by atoms with E-state index in [1.165, 1.54) is 6.08 Å². The summed E-state index contributed by atoms with van der Waals surface area (Å²) in [6, 6.07) is 8.10. The number of fused-ring (bicyclic) bond motifs is 1. The van der Waals surface area contributed by atoms with Crippen LogP contribution in [0.3, 0.4) is 0 Å². The number of hydrogen-bond donors (Lipinski definition) is 1. The number of nitrogens with two attached hydrogens (primary N) is 1. The Labute approximate surface area is 94.2 Å². The van der Waals surface area contributed by atoms with Crippen molar-refractivity contribution < 1.29 is 4.79 Å². The normalized spacial score (nSPS) is 11.4. The monoisotopic (exact) mass is 214 g/mol. The summed E-state index contributed by atoms with van der Waals surface area (Å²) in [6.45, 7) is 2.03. The van der Waals surface area contributed by atoms with Crippen LogP contribution in [-0.4, -0.2) is 10.5 Å². The van der Waals surface area contributed by atoms with E-state index < -0.39 is 5.91 Å². The van der Waals surface area contributed by atoms with E-state index in [1.54, 1.807) is 6.08 Å². The molecule has 0 bridgehead atoms. The van der Waals surface area contributed by atoms with Crippen LogP contribution in [0.5, 0.6) is 0 Å². The first-order valence-electron chi connectivity index (χ1n) is 5.13. The summed E-state index contributed by atoms with van der Waals surface area (Å²) >= 11 is 0. The molecule has 0 aliphatic heterocycles. The number of primary amides is 1. The molecule has 0 unspecified atom stereocenters. The zero-order chi connectivity index (χ0) is 11.7. The summed E-state index contributed by atoms with van der Waals surface area (Å²) in [4.78, 5) is 10.8. The van der Waals surface area contributed by atoms with E-state index in [-0.39, 0.29) is 0 Å². The van der Waals surface area contributed by atoms with E-state index in [4.69, 9.17) is 5.73 Å². The van der Waals surface area contributed by atoms with Crippen LogP contribution < -0.4 is 5.73 Å². The molecule has 2 rings (SSSR count). The zero-order valence-corrected chi connectivity index (χ0v) is 9.40. The number of carbonyl (C=O) groups excluding carboxylic acids is 1. The van der Waals surface area contributed by atoms with Crippen LogP contribution in [0, 0.1) is 6.92 Å². The molecule has 0 saturated carbocycles. The fourth-order valence-electron chi connectivity index (χ4n) is 1.93. The van der Waals surface area contributed by atoms with Crippen LogP contribution in [0.2, 0.25) is 0 Å². The van der Waals surface area contributed by atoms with Crippen LogP contribution >= 0.6 is 0 Å². The van der Waals surface area contributed by atoms with Crippen LogP contribution in [0.25, 0.3) is 17.0 Å². The highest BCUT2D eigenvalue weighted by Crippen LogP contribution is 2.25. The number of aryl methyl sites for hydroxylation is 1. The quantitative estimate of drug-likeness (QED) is 0.763. The second-order valence-corrected chi connectivity index (χ2v) is 3.81. The number of aromatic nitrogens is 1. The molecule has 3 nitrogen and oxygen atoms in total. The third-order valence-corrected chi connectivity index (χ3v) is 2.86. The molecule has 16 heavy (non-hydrogen) atoms. The second-order valence-electron chi connectivity index (χ2n) is 3.81. The van der Waals surface area contributed by atoms with Gasteiger partial charge in [-0.1, -0.05) is 18.2 Å². The first-order chi connectivity index (χ1) is 7.61. The van der Waals surface area contributed by atoms with E-state index in [0.29, 0.717) is 0 Å². The minimum atomic E-state index is -0.424. The molecule has 0 spiro atoms. The fraction of sp³-hybridized carbons (Fsp3) is 0.154. The molecule has 1 aromatic heterocycles. The van der Waals surface area contributed by atoms with Gasteiger partial charge in [-0.3, -0.25) is 4.79 Å². The maximum Gasteiger partial charge on any atom is 0.241 e. The molecule has 1 heterocycles. The Balaban J connectivity index is 2.69. The molecule has 0 atom stereocenters. The van der Waals surface area contributed by atoms with Gasteiger partial charge in [-0.15, -0.1) is 0 Å². The smallest absolute Gasteiger partial charge is 0.241 e. The molecule has 1 amide bonds. The highest BCUT2D eigenvalue weighted by Gasteiger charge is 2.08. The van der Waals surface area contributed by atoms with Crippen molar-refractivity contribution in [3.8, 4) is 0 Å². The Hall–Kier alpha value is -2.03. The van der Waals surface area contributed by atoms with Crippen molar-refractivity contribution in [2.75, 3.05) is 0 Å². The van der Waals surface area contributed by atoms with Gasteiger partial charge in [0.15, 0.2) is 0 Å². The number of carbonyl (C=O) groups is 1. The first kappa shape index (κ1) is 10.5. The summed E-state index contributed by atoms with van der Waals surface area (Å²) in [5.41, 5.74) is 8.44. The minimum absolute atomic E-state index is 0.424. The highest BCUT2D eigenvalue weighted by molar-refractivity contribution is 5.96. The molecule has 0 aliphatic carbocycles. The summed E-state index contributed by atoms with van der Waals surface area (Å²) in [5.74, 6) is -0.424. The van der Waals surface area contributed by atoms with E-state index >= 15 is 0 Å². The topological polar surface area (TPSA) is 48.0 Å². The average molecular weight is 214 g/mol. The van der Waals surface area contributed by atoms with Crippen molar-refractivity contribution in [1.82, 2.24) is 4.57 Å². The third-order valence-electron chi connectivity index (χ3n) is 2.86. The largest absolute Gasteiger partial charge is 0.366 e. The fourth-order valence-corrected chi connectivity index (χ4v) is 1.93. The predicted octanol–water partition coefficient (Wildman–Crippen LogP) is 1.99. The van der Waals surface area contributed by atoms with E-state index in [2.05, 4.69) is 10.6 Å². The predicted molar refractivity (Wildman–Crippen MR) is 65.9 cm³/mol. The summed E-state index contributed by atoms with van der Waals surface area (Å²) < 4.78 is 2.11. The third kappa shape index (κ3) is 1.60. The standard InChI is InChI=1S/C13H14N2O/c1-9-10(7-8-13(14)16)11-5-3-4-6-12(11)15(9)2/h3-8H,1-2H3,(H2,14,16)/b8-7+. The van der Waals surface area contributed by atoms with Gasteiger partial charge in [-0.05, 0) is 19.1 Å². The highest BCUT2D eigenvalue weighted by atomic mass is 16.1. The Morgan fingerprint density at radius 3 is 2.75 bits per heavy atom. The summed E-state index contributed by atoms with van der Waals surface area (Å²) in [6.07, 6.45) is 3.18. The Kier molecular flexibility index (Phi) is 2.52. The molecular formula is C13H14N2O. The summed E-state index contributed by atoms with van der Waals surface area (Å²) in [5, 5.41) is 1.14. The maximum atomic E-state index is 10.8. The molecule has 82 valence electrons. The van der Waals surface area contributed by atoms with Crippen molar-refractivity contribution in [3.05, 3.63) is 41.6 Å². The lowest BCUT2D eigenvalue weighted by molar-refractivity contribution is -0.113. The number of para-hydroxylation sites is 1. The second kappa shape index (κ2) is 3.85. The molecule has 0 saturated heterocycles. The van der Waals surface area contributed by atoms with Gasteiger partial charge in [0.1, 0.15) is 0 Å². The van der Waals surface area contributed by atoms with Crippen molar-refractivity contribution in [2.45, 2.75) is 6.92 Å². The number of amides is 1. The van der Waals surface area contributed by atoms with Crippen LogP contribution in [-0.2, 0) is 11.8 Å².